The summed E-state index contributed by atoms with van der Waals surface area (Å²) in [4.78, 5) is 2.23. The zero-order valence-corrected chi connectivity index (χ0v) is 21.2. The molecule has 0 aliphatic heterocycles. The van der Waals surface area contributed by atoms with E-state index in [1.54, 1.807) is 17.9 Å². The van der Waals surface area contributed by atoms with Crippen LogP contribution in [0.2, 0.25) is 0 Å². The summed E-state index contributed by atoms with van der Waals surface area (Å²) in [6.45, 7) is 10.5. The van der Waals surface area contributed by atoms with E-state index in [-0.39, 0.29) is 6.61 Å². The minimum atomic E-state index is -0.614. The van der Waals surface area contributed by atoms with Crippen LogP contribution in [0.3, 0.4) is 0 Å². The molecule has 0 saturated heterocycles. The second-order valence-corrected chi connectivity index (χ2v) is 8.97. The Morgan fingerprint density at radius 2 is 1.74 bits per heavy atom. The van der Waals surface area contributed by atoms with Gasteiger partial charge in [0, 0.05) is 32.2 Å². The van der Waals surface area contributed by atoms with Gasteiger partial charge >= 0.3 is 0 Å². The van der Waals surface area contributed by atoms with E-state index >= 15 is 0 Å². The third-order valence-electron chi connectivity index (χ3n) is 5.43. The van der Waals surface area contributed by atoms with Crippen LogP contribution in [-0.2, 0) is 18.3 Å². The fourth-order valence-corrected chi connectivity index (χ4v) is 3.99. The Morgan fingerprint density at radius 1 is 1.06 bits per heavy atom. The van der Waals surface area contributed by atoms with E-state index in [2.05, 4.69) is 25.3 Å². The molecule has 0 aliphatic carbocycles. The van der Waals surface area contributed by atoms with Crippen molar-refractivity contribution in [3.63, 3.8) is 0 Å². The monoisotopic (exact) mass is 479 g/mol. The van der Waals surface area contributed by atoms with Crippen LogP contribution in [0.15, 0.2) is 67.3 Å². The molecule has 0 aliphatic rings. The lowest BCUT2D eigenvalue weighted by Gasteiger charge is -2.27. The zero-order chi connectivity index (χ0) is 25.2. The SMILES string of the molecule is C=CCOCC(O)CN(Cc1c(-c2ccccc2)nn(C)c1Oc1ccc(OC)cc1)CC(C)C. The number of hydrogen-bond acceptors (Lipinski definition) is 6. The van der Waals surface area contributed by atoms with Gasteiger partial charge in [0.05, 0.1) is 32.0 Å². The van der Waals surface area contributed by atoms with Gasteiger partial charge in [0.25, 0.3) is 0 Å². The molecule has 188 valence electrons. The maximum atomic E-state index is 10.6. The summed E-state index contributed by atoms with van der Waals surface area (Å²) in [5, 5.41) is 15.4. The fraction of sp³-hybridized carbons (Fsp3) is 0.393. The maximum absolute atomic E-state index is 10.6. The molecule has 1 N–H and O–H groups in total. The second-order valence-electron chi connectivity index (χ2n) is 8.97. The van der Waals surface area contributed by atoms with Gasteiger partial charge in [-0.1, -0.05) is 50.3 Å². The molecule has 3 rings (SSSR count). The van der Waals surface area contributed by atoms with E-state index in [1.165, 1.54) is 0 Å². The molecule has 1 unspecified atom stereocenters. The summed E-state index contributed by atoms with van der Waals surface area (Å²) < 4.78 is 18.9. The lowest BCUT2D eigenvalue weighted by Crippen LogP contribution is -2.37. The number of hydrogen-bond donors (Lipinski definition) is 1. The molecule has 0 amide bonds. The van der Waals surface area contributed by atoms with E-state index < -0.39 is 6.10 Å². The van der Waals surface area contributed by atoms with E-state index in [0.717, 1.165) is 29.1 Å². The number of aryl methyl sites for hydroxylation is 1. The van der Waals surface area contributed by atoms with Crippen LogP contribution >= 0.6 is 0 Å². The summed E-state index contributed by atoms with van der Waals surface area (Å²) in [6, 6.07) is 17.6. The Bertz CT molecular complexity index is 1050. The molecule has 0 saturated carbocycles. The average molecular weight is 480 g/mol. The van der Waals surface area contributed by atoms with Crippen molar-refractivity contribution in [3.05, 3.63) is 72.8 Å². The van der Waals surface area contributed by atoms with Crippen molar-refractivity contribution in [1.82, 2.24) is 14.7 Å². The third kappa shape index (κ3) is 7.68. The van der Waals surface area contributed by atoms with Gasteiger partial charge in [-0.2, -0.15) is 5.10 Å². The number of aromatic nitrogens is 2. The topological polar surface area (TPSA) is 69.0 Å². The first kappa shape index (κ1) is 26.5. The van der Waals surface area contributed by atoms with E-state index in [9.17, 15) is 5.11 Å². The number of benzene rings is 2. The van der Waals surface area contributed by atoms with Crippen molar-refractivity contribution in [2.24, 2.45) is 13.0 Å². The van der Waals surface area contributed by atoms with E-state index in [1.807, 2.05) is 61.6 Å². The molecule has 0 radical (unpaired) electrons. The van der Waals surface area contributed by atoms with Crippen molar-refractivity contribution in [1.29, 1.82) is 0 Å². The minimum absolute atomic E-state index is 0.258. The lowest BCUT2D eigenvalue weighted by atomic mass is 10.1. The van der Waals surface area contributed by atoms with Gasteiger partial charge in [-0.25, -0.2) is 4.68 Å². The predicted molar refractivity (Wildman–Crippen MR) is 139 cm³/mol. The molecule has 7 heteroatoms. The molecule has 0 spiro atoms. The number of aliphatic hydroxyl groups excluding tert-OH is 1. The van der Waals surface area contributed by atoms with Gasteiger partial charge in [0.1, 0.15) is 17.2 Å². The van der Waals surface area contributed by atoms with E-state index in [4.69, 9.17) is 19.3 Å². The molecular formula is C28H37N3O4. The first-order valence-corrected chi connectivity index (χ1v) is 11.9. The number of rotatable bonds is 14. The molecule has 35 heavy (non-hydrogen) atoms. The highest BCUT2D eigenvalue weighted by Crippen LogP contribution is 2.34. The van der Waals surface area contributed by atoms with Gasteiger partial charge in [-0.15, -0.1) is 6.58 Å². The number of ether oxygens (including phenoxy) is 3. The Kier molecular flexibility index (Phi) is 9.90. The van der Waals surface area contributed by atoms with Crippen molar-refractivity contribution < 1.29 is 19.3 Å². The highest BCUT2D eigenvalue weighted by Gasteiger charge is 2.24. The largest absolute Gasteiger partial charge is 0.497 e. The van der Waals surface area contributed by atoms with Crippen molar-refractivity contribution in [2.45, 2.75) is 26.5 Å². The average Bonchev–Trinajstić information content (AvgIpc) is 3.14. The summed E-state index contributed by atoms with van der Waals surface area (Å²) in [6.07, 6.45) is 1.07. The van der Waals surface area contributed by atoms with Crippen LogP contribution in [0.4, 0.5) is 0 Å². The van der Waals surface area contributed by atoms with Gasteiger partial charge in [0.15, 0.2) is 0 Å². The fourth-order valence-electron chi connectivity index (χ4n) is 3.99. The number of nitrogens with zero attached hydrogens (tertiary/aromatic N) is 3. The van der Waals surface area contributed by atoms with E-state index in [0.29, 0.717) is 37.2 Å². The molecule has 2 aromatic carbocycles. The zero-order valence-electron chi connectivity index (χ0n) is 21.2. The van der Waals surface area contributed by atoms with Gasteiger partial charge in [-0.05, 0) is 30.2 Å². The minimum Gasteiger partial charge on any atom is -0.497 e. The summed E-state index contributed by atoms with van der Waals surface area (Å²) in [5.41, 5.74) is 2.85. The summed E-state index contributed by atoms with van der Waals surface area (Å²) in [7, 11) is 3.53. The van der Waals surface area contributed by atoms with Gasteiger partial charge in [0.2, 0.25) is 5.88 Å². The summed E-state index contributed by atoms with van der Waals surface area (Å²) in [5.74, 6) is 2.55. The standard InChI is InChI=1S/C28H37N3O4/c1-6-16-34-20-23(32)18-31(17-21(2)3)19-26-27(22-10-8-7-9-11-22)29-30(4)28(26)35-25-14-12-24(33-5)13-15-25/h6-15,21,23,32H,1,16-20H2,2-5H3. The normalized spacial score (nSPS) is 12.2. The van der Waals surface area contributed by atoms with Crippen LogP contribution in [0.1, 0.15) is 19.4 Å². The van der Waals surface area contributed by atoms with Crippen LogP contribution < -0.4 is 9.47 Å². The Labute approximate surface area is 208 Å². The maximum Gasteiger partial charge on any atom is 0.222 e. The number of aliphatic hydroxyl groups is 1. The smallest absolute Gasteiger partial charge is 0.222 e. The Balaban J connectivity index is 1.94. The highest BCUT2D eigenvalue weighted by molar-refractivity contribution is 5.65. The third-order valence-corrected chi connectivity index (χ3v) is 5.43. The van der Waals surface area contributed by atoms with Crippen molar-refractivity contribution in [3.8, 4) is 28.6 Å². The Hall–Kier alpha value is -3.13. The van der Waals surface area contributed by atoms with Crippen molar-refractivity contribution >= 4 is 0 Å². The van der Waals surface area contributed by atoms with Crippen LogP contribution in [0, 0.1) is 5.92 Å². The highest BCUT2D eigenvalue weighted by atomic mass is 16.5. The molecule has 1 heterocycles. The second kappa shape index (κ2) is 13.1. The van der Waals surface area contributed by atoms with Crippen molar-refractivity contribution in [2.75, 3.05) is 33.4 Å². The molecule has 0 bridgehead atoms. The number of methoxy groups -OCH3 is 1. The molecule has 1 aromatic heterocycles. The Morgan fingerprint density at radius 3 is 2.37 bits per heavy atom. The first-order valence-electron chi connectivity index (χ1n) is 11.9. The summed E-state index contributed by atoms with van der Waals surface area (Å²) >= 11 is 0. The molecule has 7 nitrogen and oxygen atoms in total. The lowest BCUT2D eigenvalue weighted by molar-refractivity contribution is 0.0222. The first-order chi connectivity index (χ1) is 16.9. The van der Waals surface area contributed by atoms with Crippen LogP contribution in [0.25, 0.3) is 11.3 Å². The predicted octanol–water partition coefficient (Wildman–Crippen LogP) is 4.91. The van der Waals surface area contributed by atoms with Crippen LogP contribution in [-0.4, -0.2) is 59.3 Å². The van der Waals surface area contributed by atoms with Crippen LogP contribution in [0.5, 0.6) is 17.4 Å². The van der Waals surface area contributed by atoms with Gasteiger partial charge < -0.3 is 19.3 Å². The molecule has 1 atom stereocenters. The molecular weight excluding hydrogens is 442 g/mol. The molecule has 0 fully saturated rings. The molecule has 3 aromatic rings. The van der Waals surface area contributed by atoms with Gasteiger partial charge in [-0.3, -0.25) is 4.90 Å². The quantitative estimate of drug-likeness (QED) is 0.262.